The summed E-state index contributed by atoms with van der Waals surface area (Å²) in [6.07, 6.45) is 1.67. The number of amides is 1. The second-order valence-electron chi connectivity index (χ2n) is 9.39. The number of fused-ring (bicyclic) bond motifs is 1. The van der Waals surface area contributed by atoms with E-state index in [1.54, 1.807) is 11.1 Å². The molecule has 0 radical (unpaired) electrons. The number of ketones is 1. The van der Waals surface area contributed by atoms with Gasteiger partial charge in [0.15, 0.2) is 0 Å². The topological polar surface area (TPSA) is 85.9 Å². The normalized spacial score (nSPS) is 17.2. The third kappa shape index (κ3) is 4.86. The molecule has 1 aliphatic rings. The fourth-order valence-electron chi connectivity index (χ4n) is 4.69. The molecule has 2 N–H and O–H groups in total. The summed E-state index contributed by atoms with van der Waals surface area (Å²) in [6, 6.07) is 24.0. The molecule has 37 heavy (non-hydrogen) atoms. The van der Waals surface area contributed by atoms with Crippen LogP contribution in [0.5, 0.6) is 5.75 Å². The molecule has 188 valence electrons. The number of ether oxygens (including phenoxy) is 1. The van der Waals surface area contributed by atoms with E-state index in [4.69, 9.17) is 4.74 Å². The lowest BCUT2D eigenvalue weighted by molar-refractivity contribution is -0.140. The predicted octanol–water partition coefficient (Wildman–Crippen LogP) is 4.73. The van der Waals surface area contributed by atoms with Gasteiger partial charge in [0, 0.05) is 35.8 Å². The van der Waals surface area contributed by atoms with Crippen LogP contribution in [0.1, 0.15) is 22.7 Å². The van der Waals surface area contributed by atoms with Crippen LogP contribution in [0.15, 0.2) is 90.6 Å². The smallest absolute Gasteiger partial charge is 0.295 e. The number of aliphatic hydroxyl groups excluding tert-OH is 1. The minimum Gasteiger partial charge on any atom is -0.507 e. The van der Waals surface area contributed by atoms with Gasteiger partial charge in [0.25, 0.3) is 11.7 Å². The van der Waals surface area contributed by atoms with E-state index in [2.05, 4.69) is 4.98 Å². The van der Waals surface area contributed by atoms with Crippen LogP contribution in [0, 0.1) is 0 Å². The molecule has 4 aromatic rings. The number of nitrogens with one attached hydrogen (secondary N) is 1. The number of aromatic amines is 1. The van der Waals surface area contributed by atoms with Crippen molar-refractivity contribution in [2.45, 2.75) is 12.6 Å². The number of aromatic nitrogens is 1. The lowest BCUT2D eigenvalue weighted by Gasteiger charge is -2.26. The van der Waals surface area contributed by atoms with E-state index in [1.165, 1.54) is 0 Å². The molecule has 3 aromatic carbocycles. The van der Waals surface area contributed by atoms with Gasteiger partial charge in [0.2, 0.25) is 0 Å². The van der Waals surface area contributed by atoms with Crippen LogP contribution >= 0.6 is 0 Å². The number of aliphatic hydroxyl groups is 1. The monoisotopic (exact) mass is 495 g/mol. The van der Waals surface area contributed by atoms with Crippen LogP contribution in [-0.2, 0) is 16.2 Å². The molecule has 1 unspecified atom stereocenters. The molecule has 7 nitrogen and oxygen atoms in total. The highest BCUT2D eigenvalue weighted by Crippen LogP contribution is 2.41. The fraction of sp³-hybridized carbons (Fsp3) is 0.200. The Kier molecular flexibility index (Phi) is 6.79. The van der Waals surface area contributed by atoms with Gasteiger partial charge in [-0.25, -0.2) is 0 Å². The number of nitrogens with zero attached hydrogens (tertiary/aromatic N) is 2. The van der Waals surface area contributed by atoms with Gasteiger partial charge in [0.05, 0.1) is 11.6 Å². The summed E-state index contributed by atoms with van der Waals surface area (Å²) in [5.74, 6) is -0.888. The van der Waals surface area contributed by atoms with E-state index in [0.717, 1.165) is 16.5 Å². The Morgan fingerprint density at radius 1 is 1.00 bits per heavy atom. The number of carbonyl (C=O) groups is 2. The number of hydrogen-bond donors (Lipinski definition) is 2. The Hall–Kier alpha value is -4.36. The molecular weight excluding hydrogens is 466 g/mol. The second-order valence-corrected chi connectivity index (χ2v) is 9.39. The number of H-pyrrole nitrogens is 1. The number of carbonyl (C=O) groups excluding carboxylic acids is 2. The van der Waals surface area contributed by atoms with Crippen molar-refractivity contribution in [2.75, 3.05) is 27.2 Å². The Labute approximate surface area is 215 Å². The van der Waals surface area contributed by atoms with Crippen LogP contribution in [0.4, 0.5) is 0 Å². The van der Waals surface area contributed by atoms with Gasteiger partial charge >= 0.3 is 0 Å². The maximum atomic E-state index is 13.3. The van der Waals surface area contributed by atoms with Crippen LogP contribution in [0.25, 0.3) is 16.7 Å². The fourth-order valence-corrected chi connectivity index (χ4v) is 4.69. The Balaban J connectivity index is 1.57. The van der Waals surface area contributed by atoms with Crippen LogP contribution in [0.2, 0.25) is 0 Å². The first-order chi connectivity index (χ1) is 17.9. The first-order valence-electron chi connectivity index (χ1n) is 12.2. The van der Waals surface area contributed by atoms with E-state index < -0.39 is 17.7 Å². The lowest BCUT2D eigenvalue weighted by atomic mass is 9.95. The number of hydrogen-bond acceptors (Lipinski definition) is 5. The van der Waals surface area contributed by atoms with Crippen LogP contribution in [0.3, 0.4) is 0 Å². The summed E-state index contributed by atoms with van der Waals surface area (Å²) in [5, 5.41) is 12.2. The van der Waals surface area contributed by atoms with E-state index in [1.807, 2.05) is 97.9 Å². The van der Waals surface area contributed by atoms with E-state index >= 15 is 0 Å². The summed E-state index contributed by atoms with van der Waals surface area (Å²) in [4.78, 5) is 33.2. The van der Waals surface area contributed by atoms with Crippen LogP contribution in [-0.4, -0.2) is 58.8 Å². The molecule has 0 saturated carbocycles. The Bertz CT molecular complexity index is 1470. The molecule has 1 amide bonds. The molecule has 0 bridgehead atoms. The van der Waals surface area contributed by atoms with Crippen molar-refractivity contribution in [3.63, 3.8) is 0 Å². The molecular formula is C30H29N3O4. The first kappa shape index (κ1) is 24.3. The number of likely N-dealkylation sites (N-methyl/N-ethyl adjacent to an activating group) is 1. The second kappa shape index (κ2) is 10.3. The van der Waals surface area contributed by atoms with Crippen molar-refractivity contribution in [1.82, 2.24) is 14.8 Å². The van der Waals surface area contributed by atoms with Gasteiger partial charge in [-0.2, -0.15) is 0 Å². The quantitative estimate of drug-likeness (QED) is 0.210. The number of likely N-dealkylation sites (tertiary alicyclic amines) is 1. The molecule has 0 spiro atoms. The summed E-state index contributed by atoms with van der Waals surface area (Å²) in [7, 11) is 3.82. The standard InChI is InChI=1S/C30H29N3O4/c1-32(2)15-16-33-27(21-11-8-12-22(17-21)37-19-20-9-4-3-5-10-20)26(29(35)30(33)36)28(34)24-18-31-25-14-7-6-13-23(24)25/h3-14,17-18,27,31,34H,15-16,19H2,1-2H3/b28-26-. The van der Waals surface area contributed by atoms with Gasteiger partial charge < -0.3 is 24.6 Å². The van der Waals surface area contributed by atoms with Crippen molar-refractivity contribution in [3.05, 3.63) is 107 Å². The Morgan fingerprint density at radius 3 is 2.54 bits per heavy atom. The van der Waals surface area contributed by atoms with Gasteiger partial charge in [-0.15, -0.1) is 0 Å². The predicted molar refractivity (Wildman–Crippen MR) is 143 cm³/mol. The highest BCUT2D eigenvalue weighted by Gasteiger charge is 2.46. The minimum absolute atomic E-state index is 0.0775. The zero-order valence-corrected chi connectivity index (χ0v) is 20.8. The number of benzene rings is 3. The van der Waals surface area contributed by atoms with Gasteiger partial charge in [-0.1, -0.05) is 60.7 Å². The third-order valence-electron chi connectivity index (χ3n) is 6.59. The van der Waals surface area contributed by atoms with E-state index in [9.17, 15) is 14.7 Å². The average Bonchev–Trinajstić information content (AvgIpc) is 3.45. The lowest BCUT2D eigenvalue weighted by Crippen LogP contribution is -2.35. The maximum absolute atomic E-state index is 13.3. The largest absolute Gasteiger partial charge is 0.507 e. The summed E-state index contributed by atoms with van der Waals surface area (Å²) in [5.41, 5.74) is 3.13. The number of rotatable bonds is 8. The molecule has 5 rings (SSSR count). The van der Waals surface area contributed by atoms with Crippen molar-refractivity contribution >= 4 is 28.4 Å². The highest BCUT2D eigenvalue weighted by atomic mass is 16.5. The third-order valence-corrected chi connectivity index (χ3v) is 6.59. The zero-order chi connectivity index (χ0) is 25.9. The minimum atomic E-state index is -0.742. The SMILES string of the molecule is CN(C)CCN1C(=O)C(=O)/C(=C(\O)c2c[nH]c3ccccc23)C1c1cccc(OCc2ccccc2)c1. The van der Waals surface area contributed by atoms with Crippen LogP contribution < -0.4 is 4.74 Å². The molecule has 2 heterocycles. The molecule has 1 saturated heterocycles. The molecule has 1 atom stereocenters. The average molecular weight is 496 g/mol. The zero-order valence-electron chi connectivity index (χ0n) is 20.8. The van der Waals surface area contributed by atoms with E-state index in [0.29, 0.717) is 36.6 Å². The molecule has 1 fully saturated rings. The van der Waals surface area contributed by atoms with Crippen molar-refractivity contribution in [1.29, 1.82) is 0 Å². The summed E-state index contributed by atoms with van der Waals surface area (Å²) < 4.78 is 6.02. The number of para-hydroxylation sites is 1. The van der Waals surface area contributed by atoms with Gasteiger partial charge in [-0.3, -0.25) is 9.59 Å². The van der Waals surface area contributed by atoms with Crippen molar-refractivity contribution in [2.24, 2.45) is 0 Å². The summed E-state index contributed by atoms with van der Waals surface area (Å²) in [6.45, 7) is 1.29. The van der Waals surface area contributed by atoms with Gasteiger partial charge in [0.1, 0.15) is 18.1 Å². The molecule has 1 aliphatic heterocycles. The Morgan fingerprint density at radius 2 is 1.76 bits per heavy atom. The van der Waals surface area contributed by atoms with Crippen molar-refractivity contribution < 1.29 is 19.4 Å². The summed E-state index contributed by atoms with van der Waals surface area (Å²) >= 11 is 0. The number of Topliss-reactive ketones (excluding diaryl/α,β-unsaturated/α-hetero) is 1. The highest BCUT2D eigenvalue weighted by molar-refractivity contribution is 6.46. The maximum Gasteiger partial charge on any atom is 0.295 e. The molecule has 0 aliphatic carbocycles. The molecule has 1 aromatic heterocycles. The van der Waals surface area contributed by atoms with E-state index in [-0.39, 0.29) is 11.3 Å². The first-order valence-corrected chi connectivity index (χ1v) is 12.2. The molecule has 7 heteroatoms. The van der Waals surface area contributed by atoms with Crippen molar-refractivity contribution in [3.8, 4) is 5.75 Å². The van der Waals surface area contributed by atoms with Gasteiger partial charge in [-0.05, 0) is 43.4 Å².